The van der Waals surface area contributed by atoms with E-state index in [-0.39, 0.29) is 0 Å². The second kappa shape index (κ2) is 4.14. The van der Waals surface area contributed by atoms with E-state index in [9.17, 15) is 0 Å². The summed E-state index contributed by atoms with van der Waals surface area (Å²) >= 11 is 3.29. The second-order valence-corrected chi connectivity index (χ2v) is 3.81. The van der Waals surface area contributed by atoms with Crippen molar-refractivity contribution >= 4 is 15.9 Å². The van der Waals surface area contributed by atoms with Gasteiger partial charge in [0, 0.05) is 0 Å². The summed E-state index contributed by atoms with van der Waals surface area (Å²) in [7, 11) is 0. The van der Waals surface area contributed by atoms with Crippen LogP contribution in [0.15, 0.2) is 18.2 Å². The van der Waals surface area contributed by atoms with E-state index in [1.807, 2.05) is 0 Å². The summed E-state index contributed by atoms with van der Waals surface area (Å²) in [6, 6.07) is 6.36. The summed E-state index contributed by atoms with van der Waals surface area (Å²) in [6.45, 7) is 0. The normalized spacial score (nSPS) is 15.2. The van der Waals surface area contributed by atoms with E-state index < -0.39 is 0 Å². The first-order valence-corrected chi connectivity index (χ1v) is 5.83. The van der Waals surface area contributed by atoms with E-state index in [4.69, 9.17) is 4.74 Å². The molecule has 2 heteroatoms. The number of aryl methyl sites for hydroxylation is 1. The molecule has 0 N–H and O–H groups in total. The van der Waals surface area contributed by atoms with Gasteiger partial charge in [-0.1, -0.05) is 12.1 Å². The van der Waals surface area contributed by atoms with Crippen LogP contribution in [0.4, 0.5) is 0 Å². The van der Waals surface area contributed by atoms with Gasteiger partial charge in [-0.15, -0.1) is 0 Å². The third kappa shape index (κ3) is 1.88. The Morgan fingerprint density at radius 1 is 1.23 bits per heavy atom. The van der Waals surface area contributed by atoms with E-state index in [0.717, 1.165) is 5.75 Å². The van der Waals surface area contributed by atoms with Crippen LogP contribution in [0.5, 0.6) is 5.75 Å². The first-order chi connectivity index (χ1) is 6.42. The molecule has 0 atom stereocenters. The first kappa shape index (κ1) is 9.07. The van der Waals surface area contributed by atoms with Crippen molar-refractivity contribution < 1.29 is 4.74 Å². The Morgan fingerprint density at radius 3 is 2.92 bits per heavy atom. The average Bonchev–Trinajstić information content (AvgIpc) is 2.19. The van der Waals surface area contributed by atoms with Crippen LogP contribution >= 0.6 is 15.9 Å². The third-order valence-corrected chi connectivity index (χ3v) is 2.79. The standard InChI is InChI=1S/C11H13BrO/c12-8-13-11-7-3-5-9-4-1-2-6-10(9)11/h3,5,7H,1-2,4,6,8H2. The van der Waals surface area contributed by atoms with Gasteiger partial charge >= 0.3 is 0 Å². The Morgan fingerprint density at radius 2 is 2.08 bits per heavy atom. The third-order valence-electron chi connectivity index (χ3n) is 2.56. The molecule has 0 saturated heterocycles. The van der Waals surface area contributed by atoms with Crippen LogP contribution in [-0.4, -0.2) is 5.52 Å². The molecule has 0 aromatic heterocycles. The maximum absolute atomic E-state index is 5.52. The maximum atomic E-state index is 5.52. The van der Waals surface area contributed by atoms with Crippen LogP contribution in [0.2, 0.25) is 0 Å². The maximum Gasteiger partial charge on any atom is 0.143 e. The molecular weight excluding hydrogens is 228 g/mol. The predicted molar refractivity (Wildman–Crippen MR) is 57.5 cm³/mol. The largest absolute Gasteiger partial charge is 0.482 e. The fourth-order valence-corrected chi connectivity index (χ4v) is 2.19. The fourth-order valence-electron chi connectivity index (χ4n) is 1.94. The lowest BCUT2D eigenvalue weighted by molar-refractivity contribution is 0.390. The lowest BCUT2D eigenvalue weighted by Gasteiger charge is -2.18. The Hall–Kier alpha value is -0.500. The van der Waals surface area contributed by atoms with Crippen molar-refractivity contribution in [3.63, 3.8) is 0 Å². The van der Waals surface area contributed by atoms with Crippen molar-refractivity contribution in [2.24, 2.45) is 0 Å². The van der Waals surface area contributed by atoms with Gasteiger partial charge in [0.15, 0.2) is 0 Å². The van der Waals surface area contributed by atoms with Gasteiger partial charge in [0.1, 0.15) is 11.3 Å². The van der Waals surface area contributed by atoms with Gasteiger partial charge in [-0.25, -0.2) is 0 Å². The van der Waals surface area contributed by atoms with E-state index in [1.54, 1.807) is 0 Å². The second-order valence-electron chi connectivity index (χ2n) is 3.35. The lowest BCUT2D eigenvalue weighted by Crippen LogP contribution is -2.05. The minimum absolute atomic E-state index is 0.587. The number of rotatable bonds is 2. The molecule has 13 heavy (non-hydrogen) atoms. The van der Waals surface area contributed by atoms with E-state index in [0.29, 0.717) is 5.52 Å². The van der Waals surface area contributed by atoms with Crippen LogP contribution in [0, 0.1) is 0 Å². The molecule has 70 valence electrons. The van der Waals surface area contributed by atoms with E-state index >= 15 is 0 Å². The number of ether oxygens (including phenoxy) is 1. The van der Waals surface area contributed by atoms with Crippen LogP contribution < -0.4 is 4.74 Å². The van der Waals surface area contributed by atoms with E-state index in [1.165, 1.54) is 36.8 Å². The molecule has 0 heterocycles. The smallest absolute Gasteiger partial charge is 0.143 e. The Bertz CT molecular complexity index is 296. The molecule has 0 radical (unpaired) electrons. The summed E-state index contributed by atoms with van der Waals surface area (Å²) in [5.74, 6) is 1.06. The van der Waals surface area contributed by atoms with Gasteiger partial charge in [0.25, 0.3) is 0 Å². The highest BCUT2D eigenvalue weighted by atomic mass is 79.9. The zero-order chi connectivity index (χ0) is 9.10. The molecule has 0 bridgehead atoms. The molecule has 0 saturated carbocycles. The number of alkyl halides is 1. The zero-order valence-corrected chi connectivity index (χ0v) is 9.14. The predicted octanol–water partition coefficient (Wildman–Crippen LogP) is 3.30. The molecule has 1 nitrogen and oxygen atoms in total. The Kier molecular flexibility index (Phi) is 2.89. The topological polar surface area (TPSA) is 9.23 Å². The number of hydrogen-bond donors (Lipinski definition) is 0. The Balaban J connectivity index is 2.34. The molecule has 0 unspecified atom stereocenters. The number of halogens is 1. The highest BCUT2D eigenvalue weighted by Crippen LogP contribution is 2.29. The van der Waals surface area contributed by atoms with Crippen LogP contribution in [0.25, 0.3) is 0 Å². The van der Waals surface area contributed by atoms with E-state index in [2.05, 4.69) is 34.1 Å². The molecule has 2 rings (SSSR count). The van der Waals surface area contributed by atoms with Gasteiger partial charge < -0.3 is 4.74 Å². The molecule has 1 aliphatic carbocycles. The highest BCUT2D eigenvalue weighted by molar-refractivity contribution is 9.09. The van der Waals surface area contributed by atoms with Crippen molar-refractivity contribution in [1.29, 1.82) is 0 Å². The van der Waals surface area contributed by atoms with Gasteiger partial charge in [0.2, 0.25) is 0 Å². The number of hydrogen-bond acceptors (Lipinski definition) is 1. The van der Waals surface area contributed by atoms with Crippen LogP contribution in [0.1, 0.15) is 24.0 Å². The minimum Gasteiger partial charge on any atom is -0.482 e. The van der Waals surface area contributed by atoms with Crippen molar-refractivity contribution in [1.82, 2.24) is 0 Å². The van der Waals surface area contributed by atoms with Crippen molar-refractivity contribution in [3.8, 4) is 5.75 Å². The van der Waals surface area contributed by atoms with Gasteiger partial charge in [-0.3, -0.25) is 0 Å². The highest BCUT2D eigenvalue weighted by Gasteiger charge is 2.12. The fraction of sp³-hybridized carbons (Fsp3) is 0.455. The summed E-state index contributed by atoms with van der Waals surface area (Å²) in [4.78, 5) is 0. The number of fused-ring (bicyclic) bond motifs is 1. The Labute approximate surface area is 87.2 Å². The van der Waals surface area contributed by atoms with Gasteiger partial charge in [-0.05, 0) is 58.8 Å². The van der Waals surface area contributed by atoms with Gasteiger partial charge in [-0.2, -0.15) is 0 Å². The molecule has 1 aliphatic rings. The summed E-state index contributed by atoms with van der Waals surface area (Å²) in [5, 5.41) is 0. The minimum atomic E-state index is 0.587. The SMILES string of the molecule is BrCOc1cccc2c1CCCC2. The zero-order valence-electron chi connectivity index (χ0n) is 7.55. The molecule has 0 fully saturated rings. The van der Waals surface area contributed by atoms with Crippen molar-refractivity contribution in [2.75, 3.05) is 5.52 Å². The van der Waals surface area contributed by atoms with Gasteiger partial charge in [0.05, 0.1) is 0 Å². The summed E-state index contributed by atoms with van der Waals surface area (Å²) in [5.41, 5.74) is 3.49. The molecule has 1 aromatic rings. The number of benzene rings is 1. The first-order valence-electron chi connectivity index (χ1n) is 4.71. The molecular formula is C11H13BrO. The molecule has 0 aliphatic heterocycles. The van der Waals surface area contributed by atoms with Crippen LogP contribution in [-0.2, 0) is 12.8 Å². The monoisotopic (exact) mass is 240 g/mol. The molecule has 1 aromatic carbocycles. The summed E-state index contributed by atoms with van der Waals surface area (Å²) in [6.07, 6.45) is 5.02. The molecule has 0 spiro atoms. The quantitative estimate of drug-likeness (QED) is 0.722. The van der Waals surface area contributed by atoms with Crippen molar-refractivity contribution in [3.05, 3.63) is 29.3 Å². The molecule has 0 amide bonds. The van der Waals surface area contributed by atoms with Crippen LogP contribution in [0.3, 0.4) is 0 Å². The average molecular weight is 241 g/mol. The summed E-state index contributed by atoms with van der Waals surface area (Å²) < 4.78 is 5.52. The van der Waals surface area contributed by atoms with Crippen molar-refractivity contribution in [2.45, 2.75) is 25.7 Å². The lowest BCUT2D eigenvalue weighted by atomic mass is 9.91.